The molecule has 4 nitrogen and oxygen atoms in total. The van der Waals surface area contributed by atoms with Gasteiger partial charge in [-0.15, -0.1) is 0 Å². The van der Waals surface area contributed by atoms with E-state index in [0.717, 1.165) is 18.4 Å². The van der Waals surface area contributed by atoms with Crippen LogP contribution >= 0.6 is 0 Å². The van der Waals surface area contributed by atoms with Crippen LogP contribution in [0.2, 0.25) is 0 Å². The molecule has 1 aliphatic rings. The van der Waals surface area contributed by atoms with Crippen LogP contribution in [0.5, 0.6) is 0 Å². The molecule has 1 aliphatic carbocycles. The molecule has 1 amide bonds. The number of carbonyl (C=O) groups is 1. The molecule has 1 aromatic rings. The number of nitrogens with one attached hydrogen (secondary N) is 1. The predicted molar refractivity (Wildman–Crippen MR) is 86.6 cm³/mol. The minimum atomic E-state index is -0.311. The fraction of sp³-hybridized carbons (Fsp3) is 0.444. The van der Waals surface area contributed by atoms with Crippen LogP contribution in [-0.4, -0.2) is 23.9 Å². The number of nitrogens with zero attached hydrogens (tertiary/aromatic N) is 2. The third-order valence-corrected chi connectivity index (χ3v) is 4.14. The van der Waals surface area contributed by atoms with Gasteiger partial charge in [-0.05, 0) is 18.4 Å². The van der Waals surface area contributed by atoms with Crippen molar-refractivity contribution in [2.75, 3.05) is 7.05 Å². The monoisotopic (exact) mass is 297 g/mol. The third kappa shape index (κ3) is 4.63. The van der Waals surface area contributed by atoms with E-state index in [2.05, 4.69) is 5.32 Å². The van der Waals surface area contributed by atoms with E-state index in [4.69, 9.17) is 0 Å². The van der Waals surface area contributed by atoms with E-state index in [1.165, 1.54) is 19.3 Å². The van der Waals surface area contributed by atoms with E-state index >= 15 is 0 Å². The zero-order chi connectivity index (χ0) is 15.8. The van der Waals surface area contributed by atoms with Crippen molar-refractivity contribution >= 4 is 5.91 Å². The van der Waals surface area contributed by atoms with Crippen LogP contribution in [0.1, 0.15) is 37.7 Å². The van der Waals surface area contributed by atoms with Crippen LogP contribution in [0, 0.1) is 11.3 Å². The SMILES string of the molecule is CN(/C=C(/C#N)C(=O)NCc1ccccc1)C1CCCCC1. The summed E-state index contributed by atoms with van der Waals surface area (Å²) in [5.74, 6) is -0.311. The largest absolute Gasteiger partial charge is 0.376 e. The van der Waals surface area contributed by atoms with E-state index in [-0.39, 0.29) is 11.5 Å². The Balaban J connectivity index is 1.93. The molecule has 22 heavy (non-hydrogen) atoms. The lowest BCUT2D eigenvalue weighted by molar-refractivity contribution is -0.117. The second-order valence-electron chi connectivity index (χ2n) is 5.78. The molecule has 2 rings (SSSR count). The standard InChI is InChI=1S/C18H23N3O/c1-21(17-10-6-3-7-11-17)14-16(12-19)18(22)20-13-15-8-4-2-5-9-15/h2,4-5,8-9,14,17H,3,6-7,10-11,13H2,1H3,(H,20,22)/b16-14-. The summed E-state index contributed by atoms with van der Waals surface area (Å²) in [4.78, 5) is 14.2. The maximum Gasteiger partial charge on any atom is 0.263 e. The van der Waals surface area contributed by atoms with E-state index in [1.807, 2.05) is 48.3 Å². The lowest BCUT2D eigenvalue weighted by Crippen LogP contribution is -2.31. The Morgan fingerprint density at radius 1 is 1.32 bits per heavy atom. The number of rotatable bonds is 5. The first-order chi connectivity index (χ1) is 10.7. The number of carbonyl (C=O) groups excluding carboxylic acids is 1. The highest BCUT2D eigenvalue weighted by atomic mass is 16.1. The van der Waals surface area contributed by atoms with Crippen LogP contribution in [0.4, 0.5) is 0 Å². The predicted octanol–water partition coefficient (Wildman–Crippen LogP) is 2.97. The molecule has 1 aromatic carbocycles. The first kappa shape index (κ1) is 16.1. The van der Waals surface area contributed by atoms with Crippen LogP contribution < -0.4 is 5.32 Å². The number of hydrogen-bond donors (Lipinski definition) is 1. The van der Waals surface area contributed by atoms with Crippen molar-refractivity contribution in [2.24, 2.45) is 0 Å². The molecule has 0 heterocycles. The Hall–Kier alpha value is -2.28. The highest BCUT2D eigenvalue weighted by Crippen LogP contribution is 2.22. The molecule has 0 radical (unpaired) electrons. The van der Waals surface area contributed by atoms with E-state index in [0.29, 0.717) is 12.6 Å². The lowest BCUT2D eigenvalue weighted by atomic mass is 9.94. The van der Waals surface area contributed by atoms with Crippen LogP contribution in [0.15, 0.2) is 42.1 Å². The van der Waals surface area contributed by atoms with Gasteiger partial charge >= 0.3 is 0 Å². The molecule has 1 fully saturated rings. The van der Waals surface area contributed by atoms with Gasteiger partial charge in [-0.25, -0.2) is 0 Å². The van der Waals surface area contributed by atoms with Gasteiger partial charge in [0, 0.05) is 25.8 Å². The summed E-state index contributed by atoms with van der Waals surface area (Å²) in [6.07, 6.45) is 7.71. The normalized spacial score (nSPS) is 15.9. The van der Waals surface area contributed by atoms with E-state index < -0.39 is 0 Å². The molecular weight excluding hydrogens is 274 g/mol. The Labute approximate surface area is 132 Å². The molecule has 0 unspecified atom stereocenters. The van der Waals surface area contributed by atoms with Crippen molar-refractivity contribution in [2.45, 2.75) is 44.7 Å². The summed E-state index contributed by atoms with van der Waals surface area (Å²) >= 11 is 0. The number of nitriles is 1. The quantitative estimate of drug-likeness (QED) is 0.671. The molecule has 0 atom stereocenters. The summed E-state index contributed by atoms with van der Waals surface area (Å²) in [5.41, 5.74) is 1.19. The van der Waals surface area contributed by atoms with Crippen molar-refractivity contribution in [1.82, 2.24) is 10.2 Å². The van der Waals surface area contributed by atoms with Gasteiger partial charge in [-0.3, -0.25) is 4.79 Å². The molecule has 0 aromatic heterocycles. The molecular formula is C18H23N3O. The second-order valence-corrected chi connectivity index (χ2v) is 5.78. The smallest absolute Gasteiger partial charge is 0.263 e. The van der Waals surface area contributed by atoms with Crippen molar-refractivity contribution in [3.63, 3.8) is 0 Å². The summed E-state index contributed by atoms with van der Waals surface area (Å²) in [6.45, 7) is 0.436. The average Bonchev–Trinajstić information content (AvgIpc) is 2.59. The fourth-order valence-electron chi connectivity index (χ4n) is 2.81. The third-order valence-electron chi connectivity index (χ3n) is 4.14. The Kier molecular flexibility index (Phi) is 6.02. The Morgan fingerprint density at radius 3 is 2.64 bits per heavy atom. The van der Waals surface area contributed by atoms with Crippen LogP contribution in [0.25, 0.3) is 0 Å². The highest BCUT2D eigenvalue weighted by Gasteiger charge is 2.18. The zero-order valence-corrected chi connectivity index (χ0v) is 13.1. The molecule has 0 spiro atoms. The minimum absolute atomic E-state index is 0.170. The van der Waals surface area contributed by atoms with Gasteiger partial charge in [0.05, 0.1) is 0 Å². The summed E-state index contributed by atoms with van der Waals surface area (Å²) in [5, 5.41) is 12.0. The van der Waals surface area contributed by atoms with Gasteiger partial charge < -0.3 is 10.2 Å². The maximum absolute atomic E-state index is 12.1. The van der Waals surface area contributed by atoms with Crippen molar-refractivity contribution < 1.29 is 4.79 Å². The summed E-state index contributed by atoms with van der Waals surface area (Å²) in [7, 11) is 1.96. The lowest BCUT2D eigenvalue weighted by Gasteiger charge is -2.30. The molecule has 0 saturated heterocycles. The molecule has 1 N–H and O–H groups in total. The second kappa shape index (κ2) is 8.23. The molecule has 116 valence electrons. The molecule has 0 aliphatic heterocycles. The maximum atomic E-state index is 12.1. The first-order valence-corrected chi connectivity index (χ1v) is 7.86. The van der Waals surface area contributed by atoms with Gasteiger partial charge in [0.15, 0.2) is 0 Å². The number of amides is 1. The van der Waals surface area contributed by atoms with Gasteiger partial charge in [0.2, 0.25) is 0 Å². The first-order valence-electron chi connectivity index (χ1n) is 7.86. The topological polar surface area (TPSA) is 56.1 Å². The fourth-order valence-corrected chi connectivity index (χ4v) is 2.81. The summed E-state index contributed by atoms with van der Waals surface area (Å²) < 4.78 is 0. The number of benzene rings is 1. The van der Waals surface area contributed by atoms with Gasteiger partial charge in [0.25, 0.3) is 5.91 Å². The Bertz CT molecular complexity index is 553. The van der Waals surface area contributed by atoms with Gasteiger partial charge in [0.1, 0.15) is 11.6 Å². The van der Waals surface area contributed by atoms with Crippen LogP contribution in [0.3, 0.4) is 0 Å². The molecule has 0 bridgehead atoms. The van der Waals surface area contributed by atoms with Crippen molar-refractivity contribution in [3.05, 3.63) is 47.7 Å². The highest BCUT2D eigenvalue weighted by molar-refractivity contribution is 5.97. The van der Waals surface area contributed by atoms with E-state index in [9.17, 15) is 10.1 Å². The van der Waals surface area contributed by atoms with Gasteiger partial charge in [-0.1, -0.05) is 49.6 Å². The Morgan fingerprint density at radius 2 is 2.00 bits per heavy atom. The van der Waals surface area contributed by atoms with Crippen molar-refractivity contribution in [1.29, 1.82) is 5.26 Å². The van der Waals surface area contributed by atoms with Gasteiger partial charge in [-0.2, -0.15) is 5.26 Å². The summed E-state index contributed by atoms with van der Waals surface area (Å²) in [6, 6.07) is 12.2. The number of hydrogen-bond acceptors (Lipinski definition) is 3. The molecule has 4 heteroatoms. The van der Waals surface area contributed by atoms with Crippen molar-refractivity contribution in [3.8, 4) is 6.07 Å². The zero-order valence-electron chi connectivity index (χ0n) is 13.1. The molecule has 1 saturated carbocycles. The van der Waals surface area contributed by atoms with Crippen LogP contribution in [-0.2, 0) is 11.3 Å². The minimum Gasteiger partial charge on any atom is -0.376 e. The van der Waals surface area contributed by atoms with E-state index in [1.54, 1.807) is 6.20 Å². The average molecular weight is 297 g/mol.